The SMILES string of the molecule is CSCCCCNS(=O)(=O)c1c(C)nn(CCCN)c1C. The lowest BCUT2D eigenvalue weighted by Gasteiger charge is -2.07. The van der Waals surface area contributed by atoms with E-state index in [4.69, 9.17) is 5.73 Å². The van der Waals surface area contributed by atoms with Crippen molar-refractivity contribution < 1.29 is 8.42 Å². The third-order valence-electron chi connectivity index (χ3n) is 3.23. The molecule has 3 N–H and O–H groups in total. The summed E-state index contributed by atoms with van der Waals surface area (Å²) < 4.78 is 29.2. The number of thioether (sulfide) groups is 1. The number of hydrogen-bond donors (Lipinski definition) is 2. The molecule has 0 amide bonds. The minimum atomic E-state index is -3.48. The standard InChI is InChI=1S/C13H26N4O2S2/c1-11-13(12(2)17(16-11)9-6-7-14)21(18,19)15-8-4-5-10-20-3/h15H,4-10,14H2,1-3H3. The number of aromatic nitrogens is 2. The maximum atomic E-state index is 12.4. The minimum absolute atomic E-state index is 0.310. The first kappa shape index (κ1) is 18.5. The van der Waals surface area contributed by atoms with E-state index in [2.05, 4.69) is 9.82 Å². The van der Waals surface area contributed by atoms with Crippen LogP contribution in [0.4, 0.5) is 0 Å². The van der Waals surface area contributed by atoms with E-state index in [1.54, 1.807) is 30.3 Å². The van der Waals surface area contributed by atoms with Crippen LogP contribution in [-0.4, -0.2) is 43.3 Å². The molecule has 1 aromatic rings. The van der Waals surface area contributed by atoms with Crippen LogP contribution in [0, 0.1) is 13.8 Å². The van der Waals surface area contributed by atoms with E-state index in [-0.39, 0.29) is 0 Å². The first-order valence-electron chi connectivity index (χ1n) is 7.16. The summed E-state index contributed by atoms with van der Waals surface area (Å²) >= 11 is 1.77. The smallest absolute Gasteiger partial charge is 0.244 e. The molecule has 21 heavy (non-hydrogen) atoms. The Bertz CT molecular complexity index is 541. The van der Waals surface area contributed by atoms with Gasteiger partial charge in [0.1, 0.15) is 4.90 Å². The van der Waals surface area contributed by atoms with Crippen LogP contribution in [0.15, 0.2) is 4.90 Å². The predicted octanol–water partition coefficient (Wildman–Crippen LogP) is 1.27. The van der Waals surface area contributed by atoms with Gasteiger partial charge in [-0.2, -0.15) is 16.9 Å². The number of unbranched alkanes of at least 4 members (excludes halogenated alkanes) is 1. The summed E-state index contributed by atoms with van der Waals surface area (Å²) in [5.74, 6) is 1.05. The topological polar surface area (TPSA) is 90.0 Å². The molecule has 0 saturated heterocycles. The minimum Gasteiger partial charge on any atom is -0.330 e. The number of sulfonamides is 1. The molecule has 0 unspecified atom stereocenters. The van der Waals surface area contributed by atoms with Crippen molar-refractivity contribution in [3.63, 3.8) is 0 Å². The molecule has 0 atom stereocenters. The highest BCUT2D eigenvalue weighted by Gasteiger charge is 2.23. The van der Waals surface area contributed by atoms with Crippen molar-refractivity contribution in [3.8, 4) is 0 Å². The predicted molar refractivity (Wildman–Crippen MR) is 88.2 cm³/mol. The van der Waals surface area contributed by atoms with E-state index < -0.39 is 10.0 Å². The molecule has 0 aliphatic carbocycles. The van der Waals surface area contributed by atoms with Crippen molar-refractivity contribution in [2.45, 2.75) is 44.6 Å². The zero-order chi connectivity index (χ0) is 15.9. The van der Waals surface area contributed by atoms with Crippen molar-refractivity contribution in [3.05, 3.63) is 11.4 Å². The molecule has 0 aliphatic heterocycles. The average molecular weight is 335 g/mol. The summed E-state index contributed by atoms with van der Waals surface area (Å²) in [4.78, 5) is 0.310. The summed E-state index contributed by atoms with van der Waals surface area (Å²) in [6.45, 7) is 5.20. The molecule has 0 spiro atoms. The van der Waals surface area contributed by atoms with Gasteiger partial charge in [-0.15, -0.1) is 0 Å². The third kappa shape index (κ3) is 5.28. The highest BCUT2D eigenvalue weighted by molar-refractivity contribution is 7.98. The maximum Gasteiger partial charge on any atom is 0.244 e. The van der Waals surface area contributed by atoms with Crippen molar-refractivity contribution in [2.24, 2.45) is 5.73 Å². The van der Waals surface area contributed by atoms with Gasteiger partial charge in [-0.05, 0) is 51.7 Å². The van der Waals surface area contributed by atoms with Crippen LogP contribution in [-0.2, 0) is 16.6 Å². The molecule has 1 aromatic heterocycles. The highest BCUT2D eigenvalue weighted by atomic mass is 32.2. The highest BCUT2D eigenvalue weighted by Crippen LogP contribution is 2.19. The molecule has 0 bridgehead atoms. The van der Waals surface area contributed by atoms with Crippen molar-refractivity contribution in [2.75, 3.05) is 25.1 Å². The van der Waals surface area contributed by atoms with Crippen LogP contribution in [0.2, 0.25) is 0 Å². The Morgan fingerprint density at radius 3 is 2.62 bits per heavy atom. The molecule has 0 radical (unpaired) electrons. The van der Waals surface area contributed by atoms with Gasteiger partial charge in [-0.25, -0.2) is 13.1 Å². The number of nitrogens with two attached hydrogens (primary N) is 1. The van der Waals surface area contributed by atoms with Gasteiger partial charge in [-0.1, -0.05) is 0 Å². The van der Waals surface area contributed by atoms with Crippen LogP contribution in [0.25, 0.3) is 0 Å². The Kier molecular flexibility index (Phi) is 7.72. The van der Waals surface area contributed by atoms with Crippen LogP contribution in [0.3, 0.4) is 0 Å². The molecule has 8 heteroatoms. The molecule has 0 fully saturated rings. The second-order valence-corrected chi connectivity index (χ2v) is 7.65. The summed E-state index contributed by atoms with van der Waals surface area (Å²) in [5.41, 5.74) is 6.71. The largest absolute Gasteiger partial charge is 0.330 e. The zero-order valence-electron chi connectivity index (χ0n) is 13.1. The normalized spacial score (nSPS) is 12.0. The van der Waals surface area contributed by atoms with Gasteiger partial charge >= 0.3 is 0 Å². The summed E-state index contributed by atoms with van der Waals surface area (Å²) in [7, 11) is -3.48. The summed E-state index contributed by atoms with van der Waals surface area (Å²) in [6.07, 6.45) is 4.69. The molecular formula is C13H26N4O2S2. The molecule has 0 aliphatic rings. The van der Waals surface area contributed by atoms with Crippen molar-refractivity contribution >= 4 is 21.8 Å². The first-order valence-corrected chi connectivity index (χ1v) is 10.0. The van der Waals surface area contributed by atoms with Gasteiger partial charge in [0.15, 0.2) is 0 Å². The lowest BCUT2D eigenvalue weighted by molar-refractivity contribution is 0.562. The Hall–Kier alpha value is -0.570. The zero-order valence-corrected chi connectivity index (χ0v) is 14.7. The van der Waals surface area contributed by atoms with Crippen LogP contribution in [0.1, 0.15) is 30.7 Å². The van der Waals surface area contributed by atoms with E-state index in [0.29, 0.717) is 35.9 Å². The second kappa shape index (κ2) is 8.77. The van der Waals surface area contributed by atoms with Gasteiger partial charge in [0, 0.05) is 13.1 Å². The maximum absolute atomic E-state index is 12.4. The second-order valence-electron chi connectivity index (χ2n) is 4.96. The van der Waals surface area contributed by atoms with E-state index in [1.165, 1.54) is 0 Å². The number of nitrogens with one attached hydrogen (secondary N) is 1. The van der Waals surface area contributed by atoms with E-state index >= 15 is 0 Å². The molecule has 1 heterocycles. The number of hydrogen-bond acceptors (Lipinski definition) is 5. The molecule has 0 saturated carbocycles. The Morgan fingerprint density at radius 2 is 2.00 bits per heavy atom. The average Bonchev–Trinajstić information content (AvgIpc) is 2.71. The molecule has 1 rings (SSSR count). The van der Waals surface area contributed by atoms with Gasteiger partial charge in [0.25, 0.3) is 0 Å². The van der Waals surface area contributed by atoms with E-state index in [1.807, 2.05) is 6.26 Å². The Labute approximate surface area is 131 Å². The number of rotatable bonds is 10. The fourth-order valence-corrected chi connectivity index (χ4v) is 4.15. The summed E-state index contributed by atoms with van der Waals surface area (Å²) in [6, 6.07) is 0. The lowest BCUT2D eigenvalue weighted by Crippen LogP contribution is -2.26. The van der Waals surface area contributed by atoms with Crippen molar-refractivity contribution in [1.29, 1.82) is 0 Å². The Morgan fingerprint density at radius 1 is 1.29 bits per heavy atom. The fourth-order valence-electron chi connectivity index (χ4n) is 2.18. The van der Waals surface area contributed by atoms with Crippen LogP contribution in [0.5, 0.6) is 0 Å². The van der Waals surface area contributed by atoms with Crippen molar-refractivity contribution in [1.82, 2.24) is 14.5 Å². The molecular weight excluding hydrogens is 308 g/mol. The quantitative estimate of drug-likeness (QED) is 0.629. The summed E-state index contributed by atoms with van der Waals surface area (Å²) in [5, 5.41) is 4.31. The van der Waals surface area contributed by atoms with Gasteiger partial charge in [-0.3, -0.25) is 4.68 Å². The monoisotopic (exact) mass is 334 g/mol. The molecule has 6 nitrogen and oxygen atoms in total. The Balaban J connectivity index is 2.76. The lowest BCUT2D eigenvalue weighted by atomic mass is 10.3. The van der Waals surface area contributed by atoms with E-state index in [0.717, 1.165) is 25.0 Å². The number of nitrogens with zero attached hydrogens (tertiary/aromatic N) is 2. The fraction of sp³-hybridized carbons (Fsp3) is 0.769. The van der Waals surface area contributed by atoms with Gasteiger partial charge in [0.05, 0.1) is 11.4 Å². The van der Waals surface area contributed by atoms with Crippen LogP contribution < -0.4 is 10.5 Å². The molecule has 122 valence electrons. The van der Waals surface area contributed by atoms with Gasteiger partial charge in [0.2, 0.25) is 10.0 Å². The third-order valence-corrected chi connectivity index (χ3v) is 5.63. The first-order chi connectivity index (χ1) is 9.94. The molecule has 0 aromatic carbocycles. The van der Waals surface area contributed by atoms with Gasteiger partial charge < -0.3 is 5.73 Å². The van der Waals surface area contributed by atoms with Crippen LogP contribution >= 0.6 is 11.8 Å². The van der Waals surface area contributed by atoms with E-state index in [9.17, 15) is 8.42 Å². The number of aryl methyl sites for hydroxylation is 2.